The first-order chi connectivity index (χ1) is 11.7. The number of carbonyl (C=O) groups is 4. The lowest BCUT2D eigenvalue weighted by molar-refractivity contribution is -0.131. The Bertz CT molecular complexity index is 549. The smallest absolute Gasteiger partial charge is 0.410 e. The van der Waals surface area contributed by atoms with Crippen molar-refractivity contribution >= 4 is 34.8 Å². The van der Waals surface area contributed by atoms with E-state index in [0.717, 1.165) is 16.7 Å². The van der Waals surface area contributed by atoms with E-state index in [0.29, 0.717) is 32.4 Å². The molecule has 0 N–H and O–H groups in total. The van der Waals surface area contributed by atoms with Gasteiger partial charge in [-0.15, -0.1) is 0 Å². The van der Waals surface area contributed by atoms with Gasteiger partial charge in [0.15, 0.2) is 5.78 Å². The lowest BCUT2D eigenvalue weighted by Gasteiger charge is -2.30. The summed E-state index contributed by atoms with van der Waals surface area (Å²) in [5.74, 6) is -0.611. The van der Waals surface area contributed by atoms with Crippen molar-refractivity contribution in [2.45, 2.75) is 44.8 Å². The normalized spacial score (nSPS) is 21.2. The van der Waals surface area contributed by atoms with Gasteiger partial charge in [0.2, 0.25) is 5.91 Å². The number of ketones is 1. The van der Waals surface area contributed by atoms with Crippen LogP contribution in [0, 0.1) is 0 Å². The molecule has 2 saturated heterocycles. The number of rotatable bonds is 7. The number of imide groups is 1. The van der Waals surface area contributed by atoms with Gasteiger partial charge in [-0.05, 0) is 26.7 Å². The molecular weight excluding hydrogens is 348 g/mol. The third-order valence-electron chi connectivity index (χ3n) is 4.29. The quantitative estimate of drug-likeness (QED) is 0.671. The molecule has 2 aliphatic rings. The molecule has 0 aromatic rings. The minimum absolute atomic E-state index is 0.0657. The van der Waals surface area contributed by atoms with E-state index in [1.54, 1.807) is 21.0 Å². The van der Waals surface area contributed by atoms with Crippen molar-refractivity contribution in [1.29, 1.82) is 0 Å². The van der Waals surface area contributed by atoms with Crippen molar-refractivity contribution in [3.05, 3.63) is 0 Å². The molecule has 2 rings (SSSR count). The maximum absolute atomic E-state index is 12.5. The third-order valence-corrected chi connectivity index (χ3v) is 5.14. The van der Waals surface area contributed by atoms with E-state index in [4.69, 9.17) is 9.47 Å². The maximum Gasteiger partial charge on any atom is 0.410 e. The Kier molecular flexibility index (Phi) is 6.45. The number of likely N-dealkylation sites (tertiary alicyclic amines) is 1. The summed E-state index contributed by atoms with van der Waals surface area (Å²) in [6, 6.07) is -0.656. The topological polar surface area (TPSA) is 93.2 Å². The van der Waals surface area contributed by atoms with Crippen LogP contribution in [0.25, 0.3) is 0 Å². The fraction of sp³-hybridized carbons (Fsp3) is 0.750. The molecular formula is C16H24N2O6S. The van der Waals surface area contributed by atoms with Crippen molar-refractivity contribution < 1.29 is 28.7 Å². The van der Waals surface area contributed by atoms with Crippen molar-refractivity contribution in [2.75, 3.05) is 32.6 Å². The lowest BCUT2D eigenvalue weighted by Crippen LogP contribution is -2.47. The highest BCUT2D eigenvalue weighted by Gasteiger charge is 2.40. The molecule has 8 nitrogen and oxygen atoms in total. The molecule has 3 amide bonds. The Morgan fingerprint density at radius 3 is 2.64 bits per heavy atom. The van der Waals surface area contributed by atoms with Crippen LogP contribution >= 0.6 is 11.8 Å². The molecule has 2 fully saturated rings. The summed E-state index contributed by atoms with van der Waals surface area (Å²) < 4.78 is 10.5. The Morgan fingerprint density at radius 1 is 1.32 bits per heavy atom. The first-order valence-electron chi connectivity index (χ1n) is 8.23. The highest BCUT2D eigenvalue weighted by molar-refractivity contribution is 8.14. The zero-order chi connectivity index (χ0) is 18.6. The number of methoxy groups -OCH3 is 1. The molecule has 25 heavy (non-hydrogen) atoms. The molecule has 0 aromatic heterocycles. The molecule has 2 aliphatic heterocycles. The predicted molar refractivity (Wildman–Crippen MR) is 91.4 cm³/mol. The molecule has 0 spiro atoms. The molecule has 140 valence electrons. The van der Waals surface area contributed by atoms with Crippen LogP contribution in [0.1, 0.15) is 33.1 Å². The summed E-state index contributed by atoms with van der Waals surface area (Å²) in [6.07, 6.45) is 1.18. The molecule has 0 bridgehead atoms. The Labute approximate surface area is 151 Å². The van der Waals surface area contributed by atoms with Gasteiger partial charge in [-0.3, -0.25) is 24.2 Å². The molecule has 9 heteroatoms. The molecule has 0 saturated carbocycles. The summed E-state index contributed by atoms with van der Waals surface area (Å²) in [5.41, 5.74) is -0.708. The van der Waals surface area contributed by atoms with Crippen molar-refractivity contribution in [3.8, 4) is 0 Å². The highest BCUT2D eigenvalue weighted by Crippen LogP contribution is 2.25. The number of ether oxygens (including phenoxy) is 2. The van der Waals surface area contributed by atoms with E-state index in [1.165, 1.54) is 4.90 Å². The largest absolute Gasteiger partial charge is 0.443 e. The summed E-state index contributed by atoms with van der Waals surface area (Å²) in [5, 5.41) is -0.411. The molecule has 0 unspecified atom stereocenters. The molecule has 2 heterocycles. The first kappa shape index (κ1) is 19.7. The number of nitrogens with zero attached hydrogens (tertiary/aromatic N) is 2. The number of thioether (sulfide) groups is 1. The first-order valence-corrected chi connectivity index (χ1v) is 9.22. The van der Waals surface area contributed by atoms with Gasteiger partial charge >= 0.3 is 6.09 Å². The van der Waals surface area contributed by atoms with E-state index in [-0.39, 0.29) is 24.0 Å². The fourth-order valence-electron chi connectivity index (χ4n) is 2.81. The van der Waals surface area contributed by atoms with Gasteiger partial charge in [0.25, 0.3) is 5.24 Å². The zero-order valence-electron chi connectivity index (χ0n) is 14.8. The average molecular weight is 372 g/mol. The van der Waals surface area contributed by atoms with Gasteiger partial charge in [0, 0.05) is 26.7 Å². The van der Waals surface area contributed by atoms with Crippen LogP contribution in [0.15, 0.2) is 0 Å². The van der Waals surface area contributed by atoms with Gasteiger partial charge in [0.1, 0.15) is 5.60 Å². The van der Waals surface area contributed by atoms with Gasteiger partial charge in [-0.2, -0.15) is 0 Å². The summed E-state index contributed by atoms with van der Waals surface area (Å²) in [4.78, 5) is 50.6. The molecule has 1 atom stereocenters. The number of amides is 3. The SMILES string of the molecule is COCCC(C)(C)OC(=O)N1CCC[C@@H]1C(=O)CN1C(=O)CSC1=O. The highest BCUT2D eigenvalue weighted by atomic mass is 32.2. The Morgan fingerprint density at radius 2 is 2.04 bits per heavy atom. The van der Waals surface area contributed by atoms with Gasteiger partial charge in [0.05, 0.1) is 18.3 Å². The second-order valence-electron chi connectivity index (χ2n) is 6.72. The van der Waals surface area contributed by atoms with E-state index in [1.807, 2.05) is 0 Å². The van der Waals surface area contributed by atoms with Gasteiger partial charge in [-0.25, -0.2) is 4.79 Å². The summed E-state index contributed by atoms with van der Waals surface area (Å²) >= 11 is 0.889. The summed E-state index contributed by atoms with van der Waals surface area (Å²) in [7, 11) is 1.58. The van der Waals surface area contributed by atoms with Crippen LogP contribution < -0.4 is 0 Å². The van der Waals surface area contributed by atoms with Crippen molar-refractivity contribution in [2.24, 2.45) is 0 Å². The molecule has 0 radical (unpaired) electrons. The summed E-state index contributed by atoms with van der Waals surface area (Å²) in [6.45, 7) is 4.17. The van der Waals surface area contributed by atoms with Crippen LogP contribution in [0.3, 0.4) is 0 Å². The fourth-order valence-corrected chi connectivity index (χ4v) is 3.53. The Hall–Kier alpha value is -1.61. The molecule has 0 aliphatic carbocycles. The standard InChI is InChI=1S/C16H24N2O6S/c1-16(2,6-8-23-3)24-14(21)17-7-4-5-11(17)12(19)9-18-13(20)10-25-15(18)22/h11H,4-10H2,1-3H3/t11-/m1/s1. The monoisotopic (exact) mass is 372 g/mol. The second kappa shape index (κ2) is 8.18. The number of hydrogen-bond acceptors (Lipinski definition) is 7. The van der Waals surface area contributed by atoms with Gasteiger partial charge in [-0.1, -0.05) is 11.8 Å². The third kappa shape index (κ3) is 4.94. The van der Waals surface area contributed by atoms with Crippen LogP contribution in [-0.4, -0.2) is 77.0 Å². The van der Waals surface area contributed by atoms with Crippen LogP contribution in [0.4, 0.5) is 9.59 Å². The average Bonchev–Trinajstić information content (AvgIpc) is 3.15. The zero-order valence-corrected chi connectivity index (χ0v) is 15.6. The van der Waals surface area contributed by atoms with Crippen LogP contribution in [0.5, 0.6) is 0 Å². The number of Topliss-reactive ketones (excluding diaryl/α,β-unsaturated/α-hetero) is 1. The van der Waals surface area contributed by atoms with Crippen LogP contribution in [0.2, 0.25) is 0 Å². The van der Waals surface area contributed by atoms with Crippen molar-refractivity contribution in [3.63, 3.8) is 0 Å². The lowest BCUT2D eigenvalue weighted by atomic mass is 10.1. The Balaban J connectivity index is 1.96. The van der Waals surface area contributed by atoms with E-state index >= 15 is 0 Å². The number of hydrogen-bond donors (Lipinski definition) is 0. The van der Waals surface area contributed by atoms with Crippen LogP contribution in [-0.2, 0) is 19.1 Å². The maximum atomic E-state index is 12.5. The number of carbonyl (C=O) groups excluding carboxylic acids is 4. The second-order valence-corrected chi connectivity index (χ2v) is 7.65. The van der Waals surface area contributed by atoms with E-state index in [2.05, 4.69) is 0 Å². The van der Waals surface area contributed by atoms with Gasteiger partial charge < -0.3 is 9.47 Å². The van der Waals surface area contributed by atoms with E-state index in [9.17, 15) is 19.2 Å². The minimum atomic E-state index is -0.708. The van der Waals surface area contributed by atoms with E-state index < -0.39 is 23.0 Å². The van der Waals surface area contributed by atoms with Crippen molar-refractivity contribution in [1.82, 2.24) is 9.80 Å². The minimum Gasteiger partial charge on any atom is -0.443 e. The predicted octanol–water partition coefficient (Wildman–Crippen LogP) is 1.67. The molecule has 0 aromatic carbocycles.